The first-order valence-electron chi connectivity index (χ1n) is 4.54. The second kappa shape index (κ2) is 4.42. The number of nitrogens with two attached hydrogens (primary N) is 1. The van der Waals surface area contributed by atoms with Crippen LogP contribution >= 0.6 is 11.6 Å². The van der Waals surface area contributed by atoms with Crippen LogP contribution in [0.5, 0.6) is 11.6 Å². The Morgan fingerprint density at radius 2 is 2.24 bits per heavy atom. The molecule has 0 amide bonds. The number of benzene rings is 1. The van der Waals surface area contributed by atoms with E-state index in [9.17, 15) is 9.18 Å². The smallest absolute Gasteiger partial charge is 0.273 e. The van der Waals surface area contributed by atoms with Crippen molar-refractivity contribution in [1.29, 1.82) is 0 Å². The predicted octanol–water partition coefficient (Wildman–Crippen LogP) is 1.94. The van der Waals surface area contributed by atoms with Gasteiger partial charge in [0.15, 0.2) is 16.6 Å². The van der Waals surface area contributed by atoms with Crippen LogP contribution in [0.2, 0.25) is 5.02 Å². The van der Waals surface area contributed by atoms with E-state index in [2.05, 4.69) is 9.97 Å². The fourth-order valence-corrected chi connectivity index (χ4v) is 1.31. The summed E-state index contributed by atoms with van der Waals surface area (Å²) in [4.78, 5) is 17.1. The van der Waals surface area contributed by atoms with Gasteiger partial charge in [0, 0.05) is 0 Å². The molecule has 0 bridgehead atoms. The van der Waals surface area contributed by atoms with Crippen LogP contribution in [0.15, 0.2) is 29.3 Å². The number of H-pyrrole nitrogens is 1. The molecule has 0 saturated heterocycles. The number of hydrogen-bond donors (Lipinski definition) is 2. The Kier molecular flexibility index (Phi) is 2.97. The number of aromatic amines is 1. The molecule has 0 atom stereocenters. The molecule has 1 heterocycles. The Morgan fingerprint density at radius 3 is 2.94 bits per heavy atom. The normalized spacial score (nSPS) is 10.2. The lowest BCUT2D eigenvalue weighted by Gasteiger charge is -2.08. The van der Waals surface area contributed by atoms with Gasteiger partial charge in [0.2, 0.25) is 5.88 Å². The van der Waals surface area contributed by atoms with Crippen molar-refractivity contribution in [2.75, 3.05) is 5.73 Å². The Labute approximate surface area is 100 Å². The van der Waals surface area contributed by atoms with Crippen molar-refractivity contribution in [3.8, 4) is 11.6 Å². The minimum Gasteiger partial charge on any atom is -0.432 e. The maximum absolute atomic E-state index is 13.4. The third-order valence-corrected chi connectivity index (χ3v) is 2.29. The lowest BCUT2D eigenvalue weighted by molar-refractivity contribution is 0.428. The Bertz CT molecular complexity index is 594. The van der Waals surface area contributed by atoms with Gasteiger partial charge in [-0.05, 0) is 12.1 Å². The van der Waals surface area contributed by atoms with Gasteiger partial charge < -0.3 is 15.5 Å². The van der Waals surface area contributed by atoms with Gasteiger partial charge in [-0.25, -0.2) is 9.37 Å². The van der Waals surface area contributed by atoms with E-state index < -0.39 is 11.4 Å². The lowest BCUT2D eigenvalue weighted by Crippen LogP contribution is -2.08. The molecule has 1 aromatic heterocycles. The third kappa shape index (κ3) is 2.21. The number of nitrogen functional groups attached to an aromatic ring is 1. The van der Waals surface area contributed by atoms with Crippen LogP contribution in [-0.4, -0.2) is 9.97 Å². The van der Waals surface area contributed by atoms with Gasteiger partial charge in [-0.2, -0.15) is 0 Å². The van der Waals surface area contributed by atoms with E-state index in [0.29, 0.717) is 0 Å². The molecule has 2 rings (SSSR count). The molecule has 0 radical (unpaired) electrons. The first-order valence-corrected chi connectivity index (χ1v) is 4.92. The number of halogens is 2. The Morgan fingerprint density at radius 1 is 1.47 bits per heavy atom. The van der Waals surface area contributed by atoms with Crippen molar-refractivity contribution in [2.24, 2.45) is 0 Å². The van der Waals surface area contributed by atoms with Gasteiger partial charge in [0.1, 0.15) is 0 Å². The van der Waals surface area contributed by atoms with Gasteiger partial charge in [-0.3, -0.25) is 4.79 Å². The molecule has 0 saturated carbocycles. The van der Waals surface area contributed by atoms with Crippen molar-refractivity contribution in [3.63, 3.8) is 0 Å². The zero-order valence-electron chi connectivity index (χ0n) is 8.41. The van der Waals surface area contributed by atoms with Gasteiger partial charge in [-0.1, -0.05) is 17.7 Å². The van der Waals surface area contributed by atoms with Crippen molar-refractivity contribution in [1.82, 2.24) is 9.97 Å². The maximum Gasteiger partial charge on any atom is 0.273 e. The van der Waals surface area contributed by atoms with Crippen LogP contribution in [0.25, 0.3) is 0 Å². The maximum atomic E-state index is 13.4. The fraction of sp³-hybridized carbons (Fsp3) is 0. The van der Waals surface area contributed by atoms with E-state index in [0.717, 1.165) is 6.33 Å². The molecule has 17 heavy (non-hydrogen) atoms. The molecule has 0 aliphatic heterocycles. The molecule has 0 aliphatic carbocycles. The molecule has 7 heteroatoms. The number of hydrogen-bond acceptors (Lipinski definition) is 4. The third-order valence-electron chi connectivity index (χ3n) is 1.96. The highest BCUT2D eigenvalue weighted by Crippen LogP contribution is 2.30. The summed E-state index contributed by atoms with van der Waals surface area (Å²) < 4.78 is 18.5. The minimum atomic E-state index is -0.664. The second-order valence-electron chi connectivity index (χ2n) is 3.11. The summed E-state index contributed by atoms with van der Waals surface area (Å²) in [6, 6.07) is 4.07. The first kappa shape index (κ1) is 11.4. The summed E-state index contributed by atoms with van der Waals surface area (Å²) in [6.07, 6.45) is 1.10. The zero-order valence-corrected chi connectivity index (χ0v) is 9.16. The molecule has 88 valence electrons. The van der Waals surface area contributed by atoms with Gasteiger partial charge in [0.25, 0.3) is 5.56 Å². The highest BCUT2D eigenvalue weighted by molar-refractivity contribution is 6.31. The van der Waals surface area contributed by atoms with E-state index in [1.165, 1.54) is 18.2 Å². The average Bonchev–Trinajstić information content (AvgIpc) is 2.29. The number of ether oxygens (including phenoxy) is 1. The molecule has 5 nitrogen and oxygen atoms in total. The number of aromatic nitrogens is 2. The topological polar surface area (TPSA) is 81.0 Å². The predicted molar refractivity (Wildman–Crippen MR) is 60.8 cm³/mol. The van der Waals surface area contributed by atoms with E-state index in [1.807, 2.05) is 0 Å². The van der Waals surface area contributed by atoms with Crippen LogP contribution in [0.1, 0.15) is 0 Å². The number of nitrogens with one attached hydrogen (secondary N) is 1. The van der Waals surface area contributed by atoms with Gasteiger partial charge >= 0.3 is 0 Å². The van der Waals surface area contributed by atoms with Crippen LogP contribution in [0, 0.1) is 5.82 Å². The lowest BCUT2D eigenvalue weighted by atomic mass is 10.3. The molecule has 3 N–H and O–H groups in total. The molecule has 1 aromatic carbocycles. The second-order valence-corrected chi connectivity index (χ2v) is 3.49. The van der Waals surface area contributed by atoms with Crippen LogP contribution in [0.3, 0.4) is 0 Å². The van der Waals surface area contributed by atoms with Gasteiger partial charge in [-0.15, -0.1) is 0 Å². The van der Waals surface area contributed by atoms with Crippen LogP contribution < -0.4 is 16.0 Å². The molecular weight excluding hydrogens is 249 g/mol. The molecule has 0 spiro atoms. The number of para-hydroxylation sites is 1. The molecule has 0 unspecified atom stereocenters. The largest absolute Gasteiger partial charge is 0.432 e. The highest BCUT2D eigenvalue weighted by Gasteiger charge is 2.13. The number of nitrogens with zero attached hydrogens (tertiary/aromatic N) is 1. The minimum absolute atomic E-state index is 0.0862. The summed E-state index contributed by atoms with van der Waals surface area (Å²) in [5.74, 6) is -1.08. The SMILES string of the molecule is Nc1cccc(F)c1Oc1nc[nH]c(=O)c1Cl. The molecular formula is C10H7ClFN3O2. The fourth-order valence-electron chi connectivity index (χ4n) is 1.17. The van der Waals surface area contributed by atoms with Crippen molar-refractivity contribution < 1.29 is 9.13 Å². The summed E-state index contributed by atoms with van der Waals surface area (Å²) in [7, 11) is 0. The highest BCUT2D eigenvalue weighted by atomic mass is 35.5. The first-order chi connectivity index (χ1) is 8.09. The molecule has 0 aliphatic rings. The summed E-state index contributed by atoms with van der Waals surface area (Å²) in [6.45, 7) is 0. The standard InChI is InChI=1S/C10H7ClFN3O2/c11-7-9(16)14-4-15-10(7)17-8-5(12)2-1-3-6(8)13/h1-4H,13H2,(H,14,15,16). The van der Waals surface area contributed by atoms with Crippen LogP contribution in [0.4, 0.5) is 10.1 Å². The van der Waals surface area contributed by atoms with E-state index in [-0.39, 0.29) is 22.3 Å². The monoisotopic (exact) mass is 255 g/mol. The van der Waals surface area contributed by atoms with E-state index >= 15 is 0 Å². The number of anilines is 1. The van der Waals surface area contributed by atoms with Crippen LogP contribution in [-0.2, 0) is 0 Å². The zero-order chi connectivity index (χ0) is 12.4. The summed E-state index contributed by atoms with van der Waals surface area (Å²) in [5.41, 5.74) is 5.04. The summed E-state index contributed by atoms with van der Waals surface area (Å²) in [5, 5.41) is -0.268. The van der Waals surface area contributed by atoms with Crippen molar-refractivity contribution >= 4 is 17.3 Å². The Balaban J connectivity index is 2.45. The molecule has 2 aromatic rings. The van der Waals surface area contributed by atoms with Crippen molar-refractivity contribution in [3.05, 3.63) is 45.7 Å². The summed E-state index contributed by atoms with van der Waals surface area (Å²) >= 11 is 5.65. The number of rotatable bonds is 2. The van der Waals surface area contributed by atoms with E-state index in [1.54, 1.807) is 0 Å². The van der Waals surface area contributed by atoms with E-state index in [4.69, 9.17) is 22.1 Å². The Hall–Kier alpha value is -2.08. The molecule has 0 fully saturated rings. The van der Waals surface area contributed by atoms with Crippen molar-refractivity contribution in [2.45, 2.75) is 0 Å². The average molecular weight is 256 g/mol. The van der Waals surface area contributed by atoms with Gasteiger partial charge in [0.05, 0.1) is 12.0 Å². The quantitative estimate of drug-likeness (QED) is 0.804.